The Morgan fingerprint density at radius 3 is 2.86 bits per heavy atom. The Morgan fingerprint density at radius 1 is 1.64 bits per heavy atom. The fraction of sp³-hybridized carbons (Fsp3) is 0.364. The van der Waals surface area contributed by atoms with Crippen molar-refractivity contribution in [2.24, 2.45) is 0 Å². The molecule has 0 saturated carbocycles. The Kier molecular flexibility index (Phi) is 4.19. The lowest BCUT2D eigenvalue weighted by Gasteiger charge is -1.95. The van der Waals surface area contributed by atoms with Crippen LogP contribution in [-0.2, 0) is 0 Å². The number of carbonyl (C=O) groups excluding carboxylic acids is 1. The highest BCUT2D eigenvalue weighted by Gasteiger charge is 2.13. The predicted octanol–water partition coefficient (Wildman–Crippen LogP) is 3.70. The highest BCUT2D eigenvalue weighted by Crippen LogP contribution is 2.28. The fourth-order valence-electron chi connectivity index (χ4n) is 1.03. The molecule has 14 heavy (non-hydrogen) atoms. The Labute approximate surface area is 93.1 Å². The zero-order valence-electron chi connectivity index (χ0n) is 8.19. The van der Waals surface area contributed by atoms with Crippen molar-refractivity contribution in [1.29, 1.82) is 0 Å². The van der Waals surface area contributed by atoms with E-state index in [0.29, 0.717) is 22.7 Å². The third kappa shape index (κ3) is 2.60. The highest BCUT2D eigenvalue weighted by atomic mass is 35.5. The number of Topliss-reactive ketones (excluding diaryl/α,β-unsaturated/α-hetero) is 1. The molecule has 1 heterocycles. The number of hydrogen-bond acceptors (Lipinski definition) is 2. The van der Waals surface area contributed by atoms with Gasteiger partial charge in [-0.3, -0.25) is 4.79 Å². The monoisotopic (exact) mass is 226 g/mol. The Hall–Kier alpha value is -0.780. The minimum absolute atomic E-state index is 0.0934. The third-order valence-electron chi connectivity index (χ3n) is 1.81. The van der Waals surface area contributed by atoms with Crippen LogP contribution in [0.5, 0.6) is 0 Å². The van der Waals surface area contributed by atoms with Crippen molar-refractivity contribution in [1.82, 2.24) is 0 Å². The molecule has 1 rings (SSSR count). The first-order valence-corrected chi connectivity index (χ1v) is 5.59. The maximum absolute atomic E-state index is 11.6. The van der Waals surface area contributed by atoms with Gasteiger partial charge in [0.2, 0.25) is 0 Å². The van der Waals surface area contributed by atoms with Crippen LogP contribution >= 0.6 is 22.9 Å². The number of aryl methyl sites for hydroxylation is 1. The summed E-state index contributed by atoms with van der Waals surface area (Å²) in [5, 5.41) is 2.51. The Balaban J connectivity index is 2.68. The van der Waals surface area contributed by atoms with E-state index in [1.54, 1.807) is 6.92 Å². The molecule has 74 valence electrons. The maximum atomic E-state index is 11.6. The van der Waals surface area contributed by atoms with E-state index in [0.717, 1.165) is 5.56 Å². The standard InChI is InChI=1S/C11H11ClOS/c1-3-4-5-6-9(13)11-10(12)8(2)7-14-11/h7H,5-6H2,1-2H3. The van der Waals surface area contributed by atoms with Crippen LogP contribution in [0, 0.1) is 18.8 Å². The van der Waals surface area contributed by atoms with Gasteiger partial charge in [0.15, 0.2) is 5.78 Å². The number of carbonyl (C=O) groups is 1. The van der Waals surface area contributed by atoms with Gasteiger partial charge in [-0.2, -0.15) is 0 Å². The SMILES string of the molecule is CC#CCCC(=O)c1scc(C)c1Cl. The third-order valence-corrected chi connectivity index (χ3v) is 3.54. The molecule has 0 fully saturated rings. The van der Waals surface area contributed by atoms with E-state index < -0.39 is 0 Å². The highest BCUT2D eigenvalue weighted by molar-refractivity contribution is 7.13. The predicted molar refractivity (Wildman–Crippen MR) is 61.1 cm³/mol. The van der Waals surface area contributed by atoms with Crippen molar-refractivity contribution in [2.75, 3.05) is 0 Å². The smallest absolute Gasteiger partial charge is 0.175 e. The van der Waals surface area contributed by atoms with Gasteiger partial charge in [-0.05, 0) is 24.8 Å². The normalized spacial score (nSPS) is 9.36. The van der Waals surface area contributed by atoms with Crippen molar-refractivity contribution in [3.63, 3.8) is 0 Å². The molecule has 0 atom stereocenters. The molecule has 0 amide bonds. The molecule has 0 N–H and O–H groups in total. The molecule has 0 spiro atoms. The van der Waals surface area contributed by atoms with Crippen molar-refractivity contribution >= 4 is 28.7 Å². The molecule has 0 unspecified atom stereocenters. The zero-order chi connectivity index (χ0) is 10.6. The molecule has 1 nitrogen and oxygen atoms in total. The lowest BCUT2D eigenvalue weighted by molar-refractivity contribution is 0.0988. The number of ketones is 1. The van der Waals surface area contributed by atoms with Gasteiger partial charge in [-0.1, -0.05) is 11.6 Å². The molecule has 1 aromatic rings. The van der Waals surface area contributed by atoms with Crippen LogP contribution < -0.4 is 0 Å². The van der Waals surface area contributed by atoms with Crippen LogP contribution in [0.1, 0.15) is 35.0 Å². The van der Waals surface area contributed by atoms with Crippen molar-refractivity contribution < 1.29 is 4.79 Å². The first kappa shape index (κ1) is 11.3. The van der Waals surface area contributed by atoms with Gasteiger partial charge < -0.3 is 0 Å². The summed E-state index contributed by atoms with van der Waals surface area (Å²) >= 11 is 7.38. The second-order valence-electron chi connectivity index (χ2n) is 2.91. The van der Waals surface area contributed by atoms with E-state index in [-0.39, 0.29) is 5.78 Å². The summed E-state index contributed by atoms with van der Waals surface area (Å²) in [5.41, 5.74) is 0.974. The van der Waals surface area contributed by atoms with E-state index in [9.17, 15) is 4.79 Å². The summed E-state index contributed by atoms with van der Waals surface area (Å²) in [5.74, 6) is 5.72. The van der Waals surface area contributed by atoms with Gasteiger partial charge in [0.25, 0.3) is 0 Å². The average molecular weight is 227 g/mol. The summed E-state index contributed by atoms with van der Waals surface area (Å²) in [6.45, 7) is 3.67. The lowest BCUT2D eigenvalue weighted by Crippen LogP contribution is -1.95. The minimum Gasteiger partial charge on any atom is -0.293 e. The van der Waals surface area contributed by atoms with Crippen LogP contribution in [-0.4, -0.2) is 5.78 Å². The van der Waals surface area contributed by atoms with Gasteiger partial charge in [0.05, 0.1) is 9.90 Å². The summed E-state index contributed by atoms with van der Waals surface area (Å²) in [6, 6.07) is 0. The molecule has 3 heteroatoms. The Morgan fingerprint density at radius 2 is 2.36 bits per heavy atom. The zero-order valence-corrected chi connectivity index (χ0v) is 9.76. The van der Waals surface area contributed by atoms with Gasteiger partial charge in [-0.25, -0.2) is 0 Å². The van der Waals surface area contributed by atoms with E-state index in [1.807, 2.05) is 12.3 Å². The molecule has 0 aliphatic heterocycles. The van der Waals surface area contributed by atoms with Crippen LogP contribution in [0.25, 0.3) is 0 Å². The molecule has 0 aliphatic rings. The Bertz CT molecular complexity index is 395. The van der Waals surface area contributed by atoms with Crippen molar-refractivity contribution in [3.05, 3.63) is 20.8 Å². The van der Waals surface area contributed by atoms with Crippen molar-refractivity contribution in [3.8, 4) is 11.8 Å². The van der Waals surface area contributed by atoms with Crippen molar-refractivity contribution in [2.45, 2.75) is 26.7 Å². The second-order valence-corrected chi connectivity index (χ2v) is 4.17. The molecule has 0 radical (unpaired) electrons. The van der Waals surface area contributed by atoms with E-state index >= 15 is 0 Å². The van der Waals surface area contributed by atoms with Crippen LogP contribution in [0.3, 0.4) is 0 Å². The fourth-order valence-corrected chi connectivity index (χ4v) is 2.30. The van der Waals surface area contributed by atoms with Crippen LogP contribution in [0.4, 0.5) is 0 Å². The molecule has 0 saturated heterocycles. The van der Waals surface area contributed by atoms with Crippen LogP contribution in [0.15, 0.2) is 5.38 Å². The van der Waals surface area contributed by atoms with E-state index in [1.165, 1.54) is 11.3 Å². The molecule has 0 aromatic carbocycles. The number of halogens is 1. The van der Waals surface area contributed by atoms with Gasteiger partial charge >= 0.3 is 0 Å². The summed E-state index contributed by atoms with van der Waals surface area (Å²) in [7, 11) is 0. The molecular formula is C11H11ClOS. The second kappa shape index (κ2) is 5.19. The molecular weight excluding hydrogens is 216 g/mol. The lowest BCUT2D eigenvalue weighted by atomic mass is 10.2. The topological polar surface area (TPSA) is 17.1 Å². The number of thiophene rings is 1. The van der Waals surface area contributed by atoms with E-state index in [2.05, 4.69) is 11.8 Å². The number of hydrogen-bond donors (Lipinski definition) is 0. The summed E-state index contributed by atoms with van der Waals surface area (Å²) in [6.07, 6.45) is 1.07. The van der Waals surface area contributed by atoms with Gasteiger partial charge in [0, 0.05) is 12.8 Å². The van der Waals surface area contributed by atoms with E-state index in [4.69, 9.17) is 11.6 Å². The first-order chi connectivity index (χ1) is 6.66. The summed E-state index contributed by atoms with van der Waals surface area (Å²) < 4.78 is 0. The maximum Gasteiger partial charge on any atom is 0.175 e. The average Bonchev–Trinajstić information content (AvgIpc) is 2.48. The number of rotatable bonds is 3. The van der Waals surface area contributed by atoms with Gasteiger partial charge in [-0.15, -0.1) is 23.2 Å². The largest absolute Gasteiger partial charge is 0.293 e. The first-order valence-electron chi connectivity index (χ1n) is 4.33. The minimum atomic E-state index is 0.0934. The molecule has 0 bridgehead atoms. The molecule has 1 aromatic heterocycles. The summed E-state index contributed by atoms with van der Waals surface area (Å²) in [4.78, 5) is 12.3. The molecule has 0 aliphatic carbocycles. The van der Waals surface area contributed by atoms with Crippen LogP contribution in [0.2, 0.25) is 5.02 Å². The van der Waals surface area contributed by atoms with Gasteiger partial charge in [0.1, 0.15) is 0 Å². The quantitative estimate of drug-likeness (QED) is 0.568.